The van der Waals surface area contributed by atoms with Crippen LogP contribution in [0.3, 0.4) is 0 Å². The van der Waals surface area contributed by atoms with Gasteiger partial charge in [0.25, 0.3) is 5.91 Å². The maximum Gasteiger partial charge on any atom is 0.253 e. The summed E-state index contributed by atoms with van der Waals surface area (Å²) in [7, 11) is 1.96. The van der Waals surface area contributed by atoms with Gasteiger partial charge in [-0.05, 0) is 30.4 Å². The van der Waals surface area contributed by atoms with Gasteiger partial charge in [0.15, 0.2) is 0 Å². The molecule has 2 aromatic rings. The molecule has 2 aromatic heterocycles. The number of carbonyl (C=O) groups excluding carboxylic acids is 1. The van der Waals surface area contributed by atoms with Crippen LogP contribution in [0.5, 0.6) is 0 Å². The summed E-state index contributed by atoms with van der Waals surface area (Å²) in [5, 5.41) is 7.48. The first-order chi connectivity index (χ1) is 9.96. The molecule has 0 aliphatic heterocycles. The first kappa shape index (κ1) is 13.8. The van der Waals surface area contributed by atoms with Crippen LogP contribution in [-0.2, 0) is 13.5 Å². The molecular formula is C16H20N4O. The molecule has 1 N–H and O–H groups in total. The minimum absolute atomic E-state index is 0.00477. The zero-order chi connectivity index (χ0) is 15.0. The van der Waals surface area contributed by atoms with Crippen molar-refractivity contribution >= 4 is 5.91 Å². The molecule has 2 heterocycles. The molecule has 0 aromatic carbocycles. The van der Waals surface area contributed by atoms with Crippen LogP contribution in [0.4, 0.5) is 0 Å². The lowest BCUT2D eigenvalue weighted by molar-refractivity contribution is 0.0918. The fourth-order valence-electron chi connectivity index (χ4n) is 3.04. The molecule has 5 heteroatoms. The second kappa shape index (κ2) is 4.98. The van der Waals surface area contributed by atoms with Crippen molar-refractivity contribution in [1.29, 1.82) is 0 Å². The van der Waals surface area contributed by atoms with Gasteiger partial charge in [0.2, 0.25) is 0 Å². The highest BCUT2D eigenvalue weighted by molar-refractivity contribution is 5.94. The number of rotatable bonds is 2. The Labute approximate surface area is 124 Å². The van der Waals surface area contributed by atoms with E-state index < -0.39 is 0 Å². The number of aromatic nitrogens is 3. The molecule has 1 aliphatic carbocycles. The Bertz CT molecular complexity index is 660. The highest BCUT2D eigenvalue weighted by Gasteiger charge is 2.35. The molecule has 0 bridgehead atoms. The van der Waals surface area contributed by atoms with Crippen LogP contribution in [0.2, 0.25) is 0 Å². The Morgan fingerprint density at radius 1 is 1.43 bits per heavy atom. The normalized spacial score (nSPS) is 19.9. The number of amides is 1. The Morgan fingerprint density at radius 2 is 2.24 bits per heavy atom. The Kier molecular flexibility index (Phi) is 3.27. The largest absolute Gasteiger partial charge is 0.345 e. The van der Waals surface area contributed by atoms with Gasteiger partial charge in [-0.2, -0.15) is 5.10 Å². The predicted molar refractivity (Wildman–Crippen MR) is 79.8 cm³/mol. The molecule has 1 aliphatic rings. The molecule has 1 amide bonds. The third kappa shape index (κ3) is 2.68. The quantitative estimate of drug-likeness (QED) is 0.920. The van der Waals surface area contributed by atoms with Gasteiger partial charge in [0, 0.05) is 30.7 Å². The van der Waals surface area contributed by atoms with Gasteiger partial charge in [-0.3, -0.25) is 14.5 Å². The van der Waals surface area contributed by atoms with E-state index in [1.165, 1.54) is 5.69 Å². The molecule has 110 valence electrons. The third-order valence-electron chi connectivity index (χ3n) is 4.10. The van der Waals surface area contributed by atoms with Crippen LogP contribution in [0.1, 0.15) is 47.9 Å². The van der Waals surface area contributed by atoms with E-state index in [1.807, 2.05) is 17.9 Å². The molecule has 5 nitrogen and oxygen atoms in total. The lowest BCUT2D eigenvalue weighted by Crippen LogP contribution is -2.36. The SMILES string of the molecule is Cn1ncc2c1CC(C)(C)CC2NC(=O)c1cccnc1. The first-order valence-corrected chi connectivity index (χ1v) is 7.18. The fourth-order valence-corrected chi connectivity index (χ4v) is 3.04. The van der Waals surface area contributed by atoms with E-state index in [0.717, 1.165) is 18.4 Å². The van der Waals surface area contributed by atoms with E-state index in [9.17, 15) is 4.79 Å². The lowest BCUT2D eigenvalue weighted by Gasteiger charge is -2.35. The summed E-state index contributed by atoms with van der Waals surface area (Å²) >= 11 is 0. The summed E-state index contributed by atoms with van der Waals surface area (Å²) in [5.41, 5.74) is 3.08. The Hall–Kier alpha value is -2.17. The number of aryl methyl sites for hydroxylation is 1. The van der Waals surface area contributed by atoms with Gasteiger partial charge in [-0.25, -0.2) is 0 Å². The third-order valence-corrected chi connectivity index (χ3v) is 4.10. The average molecular weight is 284 g/mol. The number of hydrogen-bond acceptors (Lipinski definition) is 3. The zero-order valence-corrected chi connectivity index (χ0v) is 12.6. The number of carbonyl (C=O) groups is 1. The molecule has 1 unspecified atom stereocenters. The monoisotopic (exact) mass is 284 g/mol. The van der Waals surface area contributed by atoms with E-state index in [0.29, 0.717) is 5.56 Å². The summed E-state index contributed by atoms with van der Waals surface area (Å²) in [4.78, 5) is 16.4. The Balaban J connectivity index is 1.87. The zero-order valence-electron chi connectivity index (χ0n) is 12.6. The topological polar surface area (TPSA) is 59.8 Å². The summed E-state index contributed by atoms with van der Waals surface area (Å²) in [6.07, 6.45) is 7.03. The number of pyridine rings is 1. The highest BCUT2D eigenvalue weighted by atomic mass is 16.1. The Morgan fingerprint density at radius 3 is 2.95 bits per heavy atom. The van der Waals surface area contributed by atoms with Crippen molar-refractivity contribution in [3.63, 3.8) is 0 Å². The molecule has 0 saturated carbocycles. The van der Waals surface area contributed by atoms with Crippen molar-refractivity contribution in [3.8, 4) is 0 Å². The molecule has 3 rings (SSSR count). The van der Waals surface area contributed by atoms with Crippen molar-refractivity contribution in [1.82, 2.24) is 20.1 Å². The van der Waals surface area contributed by atoms with E-state index >= 15 is 0 Å². The number of hydrogen-bond donors (Lipinski definition) is 1. The van der Waals surface area contributed by atoms with E-state index in [1.54, 1.807) is 24.5 Å². The summed E-state index contributed by atoms with van der Waals surface area (Å²) < 4.78 is 1.92. The van der Waals surface area contributed by atoms with Gasteiger partial charge >= 0.3 is 0 Å². The number of fused-ring (bicyclic) bond motifs is 1. The van der Waals surface area contributed by atoms with Crippen molar-refractivity contribution in [2.24, 2.45) is 12.5 Å². The van der Waals surface area contributed by atoms with Crippen LogP contribution in [-0.4, -0.2) is 20.7 Å². The van der Waals surface area contributed by atoms with Gasteiger partial charge < -0.3 is 5.32 Å². The highest BCUT2D eigenvalue weighted by Crippen LogP contribution is 2.40. The van der Waals surface area contributed by atoms with Crippen molar-refractivity contribution in [2.45, 2.75) is 32.7 Å². The minimum Gasteiger partial charge on any atom is -0.345 e. The average Bonchev–Trinajstić information content (AvgIpc) is 2.80. The van der Waals surface area contributed by atoms with Crippen LogP contribution in [0.25, 0.3) is 0 Å². The second-order valence-electron chi connectivity index (χ2n) is 6.48. The van der Waals surface area contributed by atoms with Crippen molar-refractivity contribution in [2.75, 3.05) is 0 Å². The molecule has 21 heavy (non-hydrogen) atoms. The first-order valence-electron chi connectivity index (χ1n) is 7.18. The molecule has 0 fully saturated rings. The molecule has 0 saturated heterocycles. The summed E-state index contributed by atoms with van der Waals surface area (Å²) in [6.45, 7) is 4.46. The fraction of sp³-hybridized carbons (Fsp3) is 0.438. The van der Waals surface area contributed by atoms with Crippen LogP contribution >= 0.6 is 0 Å². The smallest absolute Gasteiger partial charge is 0.253 e. The van der Waals surface area contributed by atoms with Crippen LogP contribution in [0.15, 0.2) is 30.7 Å². The van der Waals surface area contributed by atoms with Crippen LogP contribution in [0, 0.1) is 5.41 Å². The molecular weight excluding hydrogens is 264 g/mol. The number of nitrogens with one attached hydrogen (secondary N) is 1. The summed E-state index contributed by atoms with van der Waals surface area (Å²) in [6, 6.07) is 3.56. The summed E-state index contributed by atoms with van der Waals surface area (Å²) in [5.74, 6) is -0.0828. The standard InChI is InChI=1S/C16H20N4O/c1-16(2)7-13(12-10-18-20(3)14(12)8-16)19-15(21)11-5-4-6-17-9-11/h4-6,9-10,13H,7-8H2,1-3H3,(H,19,21). The van der Waals surface area contributed by atoms with E-state index in [4.69, 9.17) is 0 Å². The van der Waals surface area contributed by atoms with Crippen molar-refractivity contribution in [3.05, 3.63) is 47.5 Å². The predicted octanol–water partition coefficient (Wildman–Crippen LogP) is 2.26. The van der Waals surface area contributed by atoms with Gasteiger partial charge in [-0.15, -0.1) is 0 Å². The van der Waals surface area contributed by atoms with Gasteiger partial charge in [0.05, 0.1) is 17.8 Å². The van der Waals surface area contributed by atoms with Gasteiger partial charge in [0.1, 0.15) is 0 Å². The van der Waals surface area contributed by atoms with Crippen LogP contribution < -0.4 is 5.32 Å². The van der Waals surface area contributed by atoms with Crippen molar-refractivity contribution < 1.29 is 4.79 Å². The van der Waals surface area contributed by atoms with E-state index in [2.05, 4.69) is 29.2 Å². The van der Waals surface area contributed by atoms with E-state index in [-0.39, 0.29) is 17.4 Å². The number of nitrogens with zero attached hydrogens (tertiary/aromatic N) is 3. The second-order valence-corrected chi connectivity index (χ2v) is 6.48. The molecule has 0 spiro atoms. The molecule has 0 radical (unpaired) electrons. The minimum atomic E-state index is -0.0828. The maximum atomic E-state index is 12.4. The molecule has 1 atom stereocenters. The van der Waals surface area contributed by atoms with Gasteiger partial charge in [-0.1, -0.05) is 13.8 Å². The lowest BCUT2D eigenvalue weighted by atomic mass is 9.74. The maximum absolute atomic E-state index is 12.4.